The van der Waals surface area contributed by atoms with Gasteiger partial charge < -0.3 is 20.1 Å². The number of carbonyl (C=O) groups is 2. The number of anilines is 1. The van der Waals surface area contributed by atoms with Crippen LogP contribution in [0.2, 0.25) is 0 Å². The second kappa shape index (κ2) is 12.1. The maximum atomic E-state index is 14.7. The Hall–Kier alpha value is -4.76. The first-order valence-electron chi connectivity index (χ1n) is 12.9. The van der Waals surface area contributed by atoms with Crippen molar-refractivity contribution in [1.82, 2.24) is 19.7 Å². The molecule has 2 atom stereocenters. The summed E-state index contributed by atoms with van der Waals surface area (Å²) in [7, 11) is 0. The van der Waals surface area contributed by atoms with Gasteiger partial charge >= 0.3 is 18.3 Å². The molecule has 16 heteroatoms. The molecule has 4 rings (SSSR count). The zero-order valence-electron chi connectivity index (χ0n) is 22.8. The Bertz CT molecular complexity index is 1690. The van der Waals surface area contributed by atoms with Crippen LogP contribution >= 0.6 is 0 Å². The average Bonchev–Trinajstić information content (AvgIpc) is 3.40. The topological polar surface area (TPSA) is 109 Å². The predicted molar refractivity (Wildman–Crippen MR) is 141 cm³/mol. The summed E-state index contributed by atoms with van der Waals surface area (Å²) >= 11 is 0. The number of hydrogen-bond acceptors (Lipinski definition) is 5. The van der Waals surface area contributed by atoms with E-state index in [1.165, 1.54) is 55.0 Å². The molecular weight excluding hydrogens is 606 g/mol. The number of rotatable bonds is 9. The molecule has 3 N–H and O–H groups in total. The lowest BCUT2D eigenvalue weighted by molar-refractivity contribution is -0.143. The highest BCUT2D eigenvalue weighted by molar-refractivity contribution is 5.97. The Kier molecular flexibility index (Phi) is 8.83. The summed E-state index contributed by atoms with van der Waals surface area (Å²) in [6.07, 6.45) is -6.64. The van der Waals surface area contributed by atoms with Crippen molar-refractivity contribution in [2.45, 2.75) is 51.1 Å². The molecular formula is C28H23F8N5O3. The maximum absolute atomic E-state index is 14.7. The molecule has 1 aromatic carbocycles. The highest BCUT2D eigenvalue weighted by Gasteiger charge is 2.39. The van der Waals surface area contributed by atoms with Gasteiger partial charge in [0.05, 0.1) is 11.3 Å². The van der Waals surface area contributed by atoms with Crippen LogP contribution in [0.5, 0.6) is 0 Å². The lowest BCUT2D eigenvalue weighted by Gasteiger charge is -2.22. The third kappa shape index (κ3) is 6.58. The van der Waals surface area contributed by atoms with Gasteiger partial charge in [-0.25, -0.2) is 18.6 Å². The number of benzene rings is 1. The number of hydrogen-bond donors (Lipinski definition) is 3. The van der Waals surface area contributed by atoms with Crippen molar-refractivity contribution in [2.75, 3.05) is 5.32 Å². The minimum atomic E-state index is -4.75. The van der Waals surface area contributed by atoms with Crippen molar-refractivity contribution in [3.05, 3.63) is 82.9 Å². The van der Waals surface area contributed by atoms with Crippen LogP contribution in [-0.2, 0) is 17.4 Å². The van der Waals surface area contributed by atoms with Gasteiger partial charge in [-0.15, -0.1) is 0 Å². The minimum absolute atomic E-state index is 0.00835. The number of nitrogens with zero attached hydrogens (tertiary/aromatic N) is 3. The molecule has 0 saturated carbocycles. The summed E-state index contributed by atoms with van der Waals surface area (Å²) in [6, 6.07) is 0.783. The first-order valence-corrected chi connectivity index (χ1v) is 12.9. The standard InChI is InChI=1S/C28H23F8N5O3/c1-3-20(27(31,32)33)39-14-10-17(29)21(18(30)11-14)25(42)40-19(26(43)44)12-15-4-5-16(24-38-8-9-41(15)24)23-22(28(34,35)36)13(2)6-7-37-23/h4-11,19-20,39H,3,12H2,1-2H3,(H,40,42)(H,43,44)/t19-,20+/m0/s1. The molecule has 1 amide bonds. The third-order valence-corrected chi connectivity index (χ3v) is 6.76. The summed E-state index contributed by atoms with van der Waals surface area (Å²) in [5.74, 6) is -6.21. The van der Waals surface area contributed by atoms with E-state index in [-0.39, 0.29) is 22.5 Å². The molecule has 0 radical (unpaired) electrons. The van der Waals surface area contributed by atoms with Gasteiger partial charge in [0.2, 0.25) is 0 Å². The van der Waals surface area contributed by atoms with Gasteiger partial charge in [0, 0.05) is 42.0 Å². The van der Waals surface area contributed by atoms with Crippen LogP contribution in [0.25, 0.3) is 16.9 Å². The van der Waals surface area contributed by atoms with E-state index >= 15 is 0 Å². The zero-order chi connectivity index (χ0) is 32.6. The number of alkyl halides is 6. The summed E-state index contributed by atoms with van der Waals surface area (Å²) in [4.78, 5) is 32.8. The van der Waals surface area contributed by atoms with Crippen molar-refractivity contribution >= 4 is 23.2 Å². The number of carboxylic acid groups (broad SMARTS) is 1. The number of nitrogens with one attached hydrogen (secondary N) is 2. The fourth-order valence-electron chi connectivity index (χ4n) is 4.67. The minimum Gasteiger partial charge on any atom is -0.480 e. The van der Waals surface area contributed by atoms with Crippen LogP contribution in [0.1, 0.15) is 40.5 Å². The molecule has 4 aromatic rings. The van der Waals surface area contributed by atoms with E-state index in [0.29, 0.717) is 12.1 Å². The van der Waals surface area contributed by atoms with Crippen molar-refractivity contribution in [2.24, 2.45) is 0 Å². The number of carbonyl (C=O) groups excluding carboxylic acids is 1. The molecule has 0 aliphatic rings. The van der Waals surface area contributed by atoms with Crippen LogP contribution < -0.4 is 10.6 Å². The van der Waals surface area contributed by atoms with Gasteiger partial charge in [-0.1, -0.05) is 6.92 Å². The van der Waals surface area contributed by atoms with Crippen LogP contribution in [0, 0.1) is 18.6 Å². The number of aryl methyl sites for hydroxylation is 1. The van der Waals surface area contributed by atoms with Crippen LogP contribution in [0.4, 0.5) is 40.8 Å². The molecule has 0 bridgehead atoms. The fraction of sp³-hybridized carbons (Fsp3) is 0.286. The third-order valence-electron chi connectivity index (χ3n) is 6.76. The lowest BCUT2D eigenvalue weighted by Crippen LogP contribution is -2.43. The van der Waals surface area contributed by atoms with Gasteiger partial charge in [0.1, 0.15) is 34.9 Å². The van der Waals surface area contributed by atoms with E-state index in [4.69, 9.17) is 0 Å². The van der Waals surface area contributed by atoms with Crippen LogP contribution in [-0.4, -0.2) is 49.6 Å². The molecule has 0 saturated heterocycles. The zero-order valence-corrected chi connectivity index (χ0v) is 22.8. The molecule has 3 heterocycles. The molecule has 0 spiro atoms. The Labute approximate surface area is 243 Å². The smallest absolute Gasteiger partial charge is 0.418 e. The fourth-order valence-corrected chi connectivity index (χ4v) is 4.67. The van der Waals surface area contributed by atoms with Crippen molar-refractivity contribution in [1.29, 1.82) is 0 Å². The number of aliphatic carboxylic acids is 1. The highest BCUT2D eigenvalue weighted by atomic mass is 19.4. The number of aromatic nitrogens is 3. The molecule has 0 aliphatic heterocycles. The molecule has 44 heavy (non-hydrogen) atoms. The molecule has 234 valence electrons. The number of amides is 1. The Morgan fingerprint density at radius 3 is 2.23 bits per heavy atom. The lowest BCUT2D eigenvalue weighted by atomic mass is 10.0. The van der Waals surface area contributed by atoms with Crippen molar-refractivity contribution in [3.8, 4) is 11.3 Å². The molecule has 3 aromatic heterocycles. The van der Waals surface area contributed by atoms with E-state index in [1.54, 1.807) is 0 Å². The summed E-state index contributed by atoms with van der Waals surface area (Å²) in [6.45, 7) is 2.47. The normalized spacial score (nSPS) is 13.5. The average molecular weight is 630 g/mol. The van der Waals surface area contributed by atoms with Crippen molar-refractivity contribution in [3.63, 3.8) is 0 Å². The first kappa shape index (κ1) is 32.2. The van der Waals surface area contributed by atoms with E-state index in [2.05, 4.69) is 9.97 Å². The van der Waals surface area contributed by atoms with Crippen LogP contribution in [0.15, 0.2) is 48.9 Å². The monoisotopic (exact) mass is 629 g/mol. The number of pyridine rings is 2. The number of carboxylic acids is 1. The summed E-state index contributed by atoms with van der Waals surface area (Å²) in [5, 5.41) is 13.7. The largest absolute Gasteiger partial charge is 0.480 e. The maximum Gasteiger partial charge on any atom is 0.418 e. The van der Waals surface area contributed by atoms with E-state index in [9.17, 15) is 49.8 Å². The van der Waals surface area contributed by atoms with Gasteiger partial charge in [0.25, 0.3) is 5.91 Å². The second-order valence-electron chi connectivity index (χ2n) is 9.74. The predicted octanol–water partition coefficient (Wildman–Crippen LogP) is 6.18. The van der Waals surface area contributed by atoms with Crippen molar-refractivity contribution < 1.29 is 49.8 Å². The quantitative estimate of drug-likeness (QED) is 0.191. The highest BCUT2D eigenvalue weighted by Crippen LogP contribution is 2.39. The number of fused-ring (bicyclic) bond motifs is 1. The van der Waals surface area contributed by atoms with Gasteiger partial charge in [-0.2, -0.15) is 26.3 Å². The summed E-state index contributed by atoms with van der Waals surface area (Å²) in [5.41, 5.74) is -3.17. The molecule has 0 aliphatic carbocycles. The van der Waals surface area contributed by atoms with E-state index < -0.39 is 83.3 Å². The number of halogens is 8. The van der Waals surface area contributed by atoms with Gasteiger partial charge in [-0.05, 0) is 49.2 Å². The van der Waals surface area contributed by atoms with Gasteiger partial charge in [0.15, 0.2) is 0 Å². The molecule has 8 nitrogen and oxygen atoms in total. The Morgan fingerprint density at radius 1 is 1.00 bits per heavy atom. The molecule has 0 unspecified atom stereocenters. The van der Waals surface area contributed by atoms with E-state index in [1.807, 2.05) is 10.6 Å². The Balaban J connectivity index is 1.63. The van der Waals surface area contributed by atoms with Crippen LogP contribution in [0.3, 0.4) is 0 Å². The first-order chi connectivity index (χ1) is 20.5. The SMILES string of the molecule is CC[C@@H](Nc1cc(F)c(C(=O)N[C@@H](Cc2ccc(-c3nccc(C)c3C(F)(F)F)c3nccn23)C(=O)O)c(F)c1)C(F)(F)F. The van der Waals surface area contributed by atoms with E-state index in [0.717, 1.165) is 0 Å². The second-order valence-corrected chi connectivity index (χ2v) is 9.74. The summed E-state index contributed by atoms with van der Waals surface area (Å²) < 4.78 is 111. The van der Waals surface area contributed by atoms with Gasteiger partial charge in [-0.3, -0.25) is 9.78 Å². The number of imidazole rings is 1. The Morgan fingerprint density at radius 2 is 1.66 bits per heavy atom. The molecule has 0 fully saturated rings.